The lowest BCUT2D eigenvalue weighted by Gasteiger charge is -2.29. The van der Waals surface area contributed by atoms with Crippen LogP contribution in [-0.2, 0) is 4.79 Å². The molecule has 1 aromatic heterocycles. The average molecular weight is 511 g/mol. The van der Waals surface area contributed by atoms with Gasteiger partial charge >= 0.3 is 5.69 Å². The molecule has 3 aliphatic rings. The van der Waals surface area contributed by atoms with Gasteiger partial charge in [0.05, 0.1) is 22.0 Å². The van der Waals surface area contributed by atoms with E-state index < -0.39 is 17.2 Å². The molecule has 0 atom stereocenters. The van der Waals surface area contributed by atoms with E-state index in [0.29, 0.717) is 16.4 Å². The van der Waals surface area contributed by atoms with E-state index in [0.717, 1.165) is 64.2 Å². The van der Waals surface area contributed by atoms with Gasteiger partial charge in [-0.15, -0.1) is 0 Å². The van der Waals surface area contributed by atoms with Gasteiger partial charge < -0.3 is 5.11 Å². The third-order valence-corrected chi connectivity index (χ3v) is 7.96. The molecule has 0 spiro atoms. The molecule has 1 amide bonds. The topological polar surface area (TPSA) is 96.9 Å². The van der Waals surface area contributed by atoms with E-state index in [1.54, 1.807) is 31.2 Å². The van der Waals surface area contributed by atoms with Crippen molar-refractivity contribution < 1.29 is 9.90 Å². The summed E-state index contributed by atoms with van der Waals surface area (Å²) >= 11 is 6.29. The third kappa shape index (κ3) is 4.32. The highest BCUT2D eigenvalue weighted by molar-refractivity contribution is 6.37. The molecule has 1 aliphatic heterocycles. The Kier molecular flexibility index (Phi) is 6.88. The Balaban J connectivity index is 1.65. The largest absolute Gasteiger partial charge is 0.494 e. The van der Waals surface area contributed by atoms with Crippen LogP contribution in [0, 0.1) is 0 Å². The summed E-state index contributed by atoms with van der Waals surface area (Å²) in [5.74, 6) is -0.813. The molecular formula is C27H31ClN4O4. The number of rotatable bonds is 4. The zero-order chi connectivity index (χ0) is 25.4. The van der Waals surface area contributed by atoms with Crippen LogP contribution in [0.5, 0.6) is 5.88 Å². The molecule has 2 aromatic rings. The summed E-state index contributed by atoms with van der Waals surface area (Å²) in [6.07, 6.45) is 10.4. The molecule has 0 bridgehead atoms. The van der Waals surface area contributed by atoms with Crippen LogP contribution in [0.1, 0.15) is 88.8 Å². The van der Waals surface area contributed by atoms with Crippen LogP contribution in [0.2, 0.25) is 5.02 Å². The highest BCUT2D eigenvalue weighted by Crippen LogP contribution is 2.34. The Bertz CT molecular complexity index is 1360. The van der Waals surface area contributed by atoms with E-state index in [1.165, 1.54) is 20.2 Å². The second-order valence-electron chi connectivity index (χ2n) is 9.96. The van der Waals surface area contributed by atoms with Crippen molar-refractivity contribution in [2.24, 2.45) is 5.10 Å². The number of halogens is 1. The molecule has 2 heterocycles. The monoisotopic (exact) mass is 510 g/mol. The SMILES string of the molecule is CC1=NN(c2ccccc2Cl)C(=O)/C1=C\c1c(O)n(C2CCCCC2)c(=O)n(C2CCCCC2)c1=O. The maximum absolute atomic E-state index is 13.7. The summed E-state index contributed by atoms with van der Waals surface area (Å²) in [6.45, 7) is 1.68. The van der Waals surface area contributed by atoms with Crippen molar-refractivity contribution in [2.75, 3.05) is 5.01 Å². The summed E-state index contributed by atoms with van der Waals surface area (Å²) in [4.78, 5) is 40.7. The fourth-order valence-electron chi connectivity index (χ4n) is 5.72. The van der Waals surface area contributed by atoms with E-state index in [1.807, 2.05) is 0 Å². The molecule has 1 aromatic carbocycles. The van der Waals surface area contributed by atoms with Crippen LogP contribution in [0.15, 0.2) is 44.5 Å². The van der Waals surface area contributed by atoms with Crippen LogP contribution >= 0.6 is 11.6 Å². The van der Waals surface area contributed by atoms with Gasteiger partial charge in [0.15, 0.2) is 0 Å². The predicted octanol–water partition coefficient (Wildman–Crippen LogP) is 5.19. The van der Waals surface area contributed by atoms with Crippen molar-refractivity contribution in [3.8, 4) is 5.88 Å². The van der Waals surface area contributed by atoms with Gasteiger partial charge in [-0.3, -0.25) is 18.7 Å². The molecular weight excluding hydrogens is 480 g/mol. The van der Waals surface area contributed by atoms with Gasteiger partial charge in [-0.2, -0.15) is 10.1 Å². The second-order valence-corrected chi connectivity index (χ2v) is 10.4. The maximum Gasteiger partial charge on any atom is 0.334 e. The molecule has 9 heteroatoms. The Morgan fingerprint density at radius 1 is 0.917 bits per heavy atom. The number of hydrazone groups is 1. The smallest absolute Gasteiger partial charge is 0.334 e. The van der Waals surface area contributed by atoms with Gasteiger partial charge in [-0.1, -0.05) is 62.3 Å². The summed E-state index contributed by atoms with van der Waals surface area (Å²) in [7, 11) is 0. The molecule has 0 saturated heterocycles. The summed E-state index contributed by atoms with van der Waals surface area (Å²) in [6, 6.07) is 6.50. The number of anilines is 1. The van der Waals surface area contributed by atoms with Crippen LogP contribution in [0.4, 0.5) is 5.69 Å². The Morgan fingerprint density at radius 3 is 2.11 bits per heavy atom. The molecule has 8 nitrogen and oxygen atoms in total. The van der Waals surface area contributed by atoms with Gasteiger partial charge in [-0.05, 0) is 50.8 Å². The minimum Gasteiger partial charge on any atom is -0.494 e. The molecule has 2 fully saturated rings. The van der Waals surface area contributed by atoms with Gasteiger partial charge in [-0.25, -0.2) is 4.79 Å². The first-order chi connectivity index (χ1) is 17.4. The summed E-state index contributed by atoms with van der Waals surface area (Å²) < 4.78 is 2.73. The third-order valence-electron chi connectivity index (χ3n) is 7.64. The number of nitrogens with zero attached hydrogens (tertiary/aromatic N) is 4. The lowest BCUT2D eigenvalue weighted by Crippen LogP contribution is -2.45. The number of benzene rings is 1. The molecule has 0 unspecified atom stereocenters. The van der Waals surface area contributed by atoms with Crippen molar-refractivity contribution in [1.82, 2.24) is 9.13 Å². The van der Waals surface area contributed by atoms with Crippen molar-refractivity contribution in [3.63, 3.8) is 0 Å². The minimum absolute atomic E-state index is 0.0374. The Labute approximate surface area is 214 Å². The van der Waals surface area contributed by atoms with E-state index in [4.69, 9.17) is 11.6 Å². The summed E-state index contributed by atoms with van der Waals surface area (Å²) in [5, 5.41) is 17.3. The lowest BCUT2D eigenvalue weighted by molar-refractivity contribution is -0.114. The van der Waals surface area contributed by atoms with Gasteiger partial charge in [0.1, 0.15) is 5.56 Å². The number of aromatic hydroxyl groups is 1. The molecule has 2 aliphatic carbocycles. The molecule has 1 N–H and O–H groups in total. The Morgan fingerprint density at radius 2 is 1.50 bits per heavy atom. The maximum atomic E-state index is 13.7. The van der Waals surface area contributed by atoms with Crippen LogP contribution in [0.3, 0.4) is 0 Å². The number of carbonyl (C=O) groups is 1. The zero-order valence-corrected chi connectivity index (χ0v) is 21.2. The molecule has 0 radical (unpaired) electrons. The number of para-hydroxylation sites is 1. The number of amides is 1. The summed E-state index contributed by atoms with van der Waals surface area (Å²) in [5.41, 5.74) is -0.0164. The fraction of sp³-hybridized carbons (Fsp3) is 0.481. The molecule has 36 heavy (non-hydrogen) atoms. The molecule has 190 valence electrons. The zero-order valence-electron chi connectivity index (χ0n) is 20.5. The van der Waals surface area contributed by atoms with Gasteiger partial charge in [0.2, 0.25) is 5.88 Å². The number of carbonyl (C=O) groups excluding carboxylic acids is 1. The fourth-order valence-corrected chi connectivity index (χ4v) is 5.94. The van der Waals surface area contributed by atoms with E-state index in [-0.39, 0.29) is 29.1 Å². The number of hydrogen-bond donors (Lipinski definition) is 1. The van der Waals surface area contributed by atoms with E-state index in [9.17, 15) is 19.5 Å². The van der Waals surface area contributed by atoms with E-state index in [2.05, 4.69) is 5.10 Å². The molecule has 5 rings (SSSR count). The second kappa shape index (κ2) is 10.1. The minimum atomic E-state index is -0.555. The first-order valence-electron chi connectivity index (χ1n) is 12.8. The normalized spacial score (nSPS) is 20.8. The van der Waals surface area contributed by atoms with Crippen LogP contribution in [0.25, 0.3) is 6.08 Å². The number of aromatic nitrogens is 2. The van der Waals surface area contributed by atoms with Crippen molar-refractivity contribution in [3.05, 3.63) is 61.3 Å². The van der Waals surface area contributed by atoms with E-state index >= 15 is 0 Å². The predicted molar refractivity (Wildman–Crippen MR) is 141 cm³/mol. The van der Waals surface area contributed by atoms with Crippen molar-refractivity contribution >= 4 is 35.0 Å². The number of hydrogen-bond acceptors (Lipinski definition) is 5. The van der Waals surface area contributed by atoms with Crippen LogP contribution < -0.4 is 16.3 Å². The first-order valence-corrected chi connectivity index (χ1v) is 13.2. The van der Waals surface area contributed by atoms with Crippen LogP contribution in [-0.4, -0.2) is 25.9 Å². The first kappa shape index (κ1) is 24.6. The highest BCUT2D eigenvalue weighted by atomic mass is 35.5. The van der Waals surface area contributed by atoms with Crippen molar-refractivity contribution in [1.29, 1.82) is 0 Å². The highest BCUT2D eigenvalue weighted by Gasteiger charge is 2.33. The lowest BCUT2D eigenvalue weighted by atomic mass is 9.94. The van der Waals surface area contributed by atoms with Crippen molar-refractivity contribution in [2.45, 2.75) is 83.2 Å². The van der Waals surface area contributed by atoms with Gasteiger partial charge in [0.25, 0.3) is 11.5 Å². The molecule has 2 saturated carbocycles. The quantitative estimate of drug-likeness (QED) is 0.573. The standard InChI is InChI=1S/C27H31ClN4O4/c1-17-20(26(35)32(29-17)23-15-9-8-14-22(23)28)16-21-24(33)30(18-10-4-2-5-11-18)27(36)31(25(21)34)19-12-6-3-7-13-19/h8-9,14-16,18-19,33H,2-7,10-13H2,1H3/b20-16-. The average Bonchev–Trinajstić information content (AvgIpc) is 3.16. The Hall–Kier alpha value is -3.13. The van der Waals surface area contributed by atoms with Gasteiger partial charge in [0, 0.05) is 12.1 Å².